The normalized spacial score (nSPS) is 10.3. The van der Waals surface area contributed by atoms with E-state index in [1.165, 1.54) is 11.3 Å². The third kappa shape index (κ3) is 0.887. The molecule has 3 nitrogen and oxygen atoms in total. The zero-order chi connectivity index (χ0) is 8.55. The van der Waals surface area contributed by atoms with E-state index in [2.05, 4.69) is 5.18 Å². The predicted molar refractivity (Wildman–Crippen MR) is 48.9 cm³/mol. The van der Waals surface area contributed by atoms with Crippen LogP contribution in [0.25, 0.3) is 10.1 Å². The second-order valence-electron chi connectivity index (χ2n) is 2.34. The Hall–Kier alpha value is -1.42. The quantitative estimate of drug-likeness (QED) is 0.684. The Balaban J connectivity index is 2.90. The monoisotopic (exact) mass is 179 g/mol. The molecule has 1 heterocycles. The highest BCUT2D eigenvalue weighted by molar-refractivity contribution is 7.21. The Bertz CT molecular complexity index is 436. The maximum Gasteiger partial charge on any atom is 0.202 e. The first-order chi connectivity index (χ1) is 5.83. The summed E-state index contributed by atoms with van der Waals surface area (Å²) in [5.41, 5.74) is 0.149. The number of nitrogens with zero attached hydrogens (tertiary/aromatic N) is 1. The van der Waals surface area contributed by atoms with E-state index in [1.54, 1.807) is 6.07 Å². The molecule has 0 saturated heterocycles. The molecule has 1 N–H and O–H groups in total. The summed E-state index contributed by atoms with van der Waals surface area (Å²) in [5, 5.41) is 12.7. The van der Waals surface area contributed by atoms with Gasteiger partial charge in [-0.2, -0.15) is 0 Å². The van der Waals surface area contributed by atoms with Crippen molar-refractivity contribution >= 4 is 27.1 Å². The van der Waals surface area contributed by atoms with Gasteiger partial charge in [0.15, 0.2) is 5.69 Å². The van der Waals surface area contributed by atoms with Gasteiger partial charge >= 0.3 is 0 Å². The number of aromatic hydroxyl groups is 1. The number of hydrogen-bond acceptors (Lipinski definition) is 4. The molecule has 60 valence electrons. The third-order valence-electron chi connectivity index (χ3n) is 1.64. The van der Waals surface area contributed by atoms with Crippen LogP contribution in [0.2, 0.25) is 0 Å². The van der Waals surface area contributed by atoms with Gasteiger partial charge in [-0.15, -0.1) is 4.91 Å². The summed E-state index contributed by atoms with van der Waals surface area (Å²) < 4.78 is 0.879. The SMILES string of the molecule is O=Nc1c(O)sc2ccccc12. The fourth-order valence-corrected chi connectivity index (χ4v) is 1.98. The summed E-state index contributed by atoms with van der Waals surface area (Å²) in [6, 6.07) is 7.27. The molecule has 0 aliphatic carbocycles. The molecule has 0 unspecified atom stereocenters. The van der Waals surface area contributed by atoms with Gasteiger partial charge < -0.3 is 5.11 Å². The molecule has 0 fully saturated rings. The lowest BCUT2D eigenvalue weighted by Crippen LogP contribution is -1.60. The van der Waals surface area contributed by atoms with Crippen molar-refractivity contribution in [2.45, 2.75) is 0 Å². The largest absolute Gasteiger partial charge is 0.498 e. The Kier molecular flexibility index (Phi) is 1.55. The molecular formula is C8H5NO2S. The maximum atomic E-state index is 10.3. The van der Waals surface area contributed by atoms with E-state index in [0.717, 1.165) is 10.1 Å². The smallest absolute Gasteiger partial charge is 0.202 e. The molecule has 0 aliphatic rings. The van der Waals surface area contributed by atoms with E-state index in [9.17, 15) is 10.0 Å². The van der Waals surface area contributed by atoms with Crippen LogP contribution in [0.5, 0.6) is 5.06 Å². The summed E-state index contributed by atoms with van der Waals surface area (Å²) in [7, 11) is 0. The van der Waals surface area contributed by atoms with Gasteiger partial charge in [0.1, 0.15) is 0 Å². The standard InChI is InChI=1S/C8H5NO2S/c10-8-7(9-11)5-3-1-2-4-6(5)12-8/h1-4,10H. The maximum absolute atomic E-state index is 10.3. The fourth-order valence-electron chi connectivity index (χ4n) is 1.11. The highest BCUT2D eigenvalue weighted by Crippen LogP contribution is 2.42. The highest BCUT2D eigenvalue weighted by Gasteiger charge is 2.10. The van der Waals surface area contributed by atoms with Gasteiger partial charge in [0.2, 0.25) is 5.06 Å². The Morgan fingerprint density at radius 3 is 2.83 bits per heavy atom. The fraction of sp³-hybridized carbons (Fsp3) is 0. The van der Waals surface area contributed by atoms with Gasteiger partial charge in [-0.3, -0.25) is 0 Å². The first-order valence-electron chi connectivity index (χ1n) is 3.37. The molecule has 0 spiro atoms. The summed E-state index contributed by atoms with van der Waals surface area (Å²) >= 11 is 1.17. The molecule has 2 rings (SSSR count). The Morgan fingerprint density at radius 2 is 2.08 bits per heavy atom. The lowest BCUT2D eigenvalue weighted by molar-refractivity contribution is 0.492. The van der Waals surface area contributed by atoms with Crippen LogP contribution < -0.4 is 0 Å². The number of benzene rings is 1. The topological polar surface area (TPSA) is 49.7 Å². The van der Waals surface area contributed by atoms with Crippen molar-refractivity contribution in [2.24, 2.45) is 5.18 Å². The van der Waals surface area contributed by atoms with E-state index in [0.29, 0.717) is 0 Å². The number of thiophene rings is 1. The van der Waals surface area contributed by atoms with E-state index in [-0.39, 0.29) is 10.8 Å². The van der Waals surface area contributed by atoms with Crippen molar-refractivity contribution in [1.29, 1.82) is 0 Å². The zero-order valence-corrected chi connectivity index (χ0v) is 6.84. The van der Waals surface area contributed by atoms with Crippen LogP contribution in [0.4, 0.5) is 5.69 Å². The van der Waals surface area contributed by atoms with Crippen LogP contribution >= 0.6 is 11.3 Å². The first kappa shape index (κ1) is 7.24. The number of nitroso groups, excluding NO2 is 1. The molecule has 0 atom stereocenters. The van der Waals surface area contributed by atoms with Crippen molar-refractivity contribution < 1.29 is 5.11 Å². The highest BCUT2D eigenvalue weighted by atomic mass is 32.1. The number of rotatable bonds is 1. The van der Waals surface area contributed by atoms with Crippen LogP contribution in [0.1, 0.15) is 0 Å². The molecule has 0 aliphatic heterocycles. The summed E-state index contributed by atoms with van der Waals surface area (Å²) in [6.07, 6.45) is 0. The predicted octanol–water partition coefficient (Wildman–Crippen LogP) is 3.00. The van der Waals surface area contributed by atoms with Crippen LogP contribution in [-0.4, -0.2) is 5.11 Å². The zero-order valence-electron chi connectivity index (χ0n) is 6.02. The van der Waals surface area contributed by atoms with Crippen LogP contribution in [0.15, 0.2) is 29.4 Å². The van der Waals surface area contributed by atoms with Gasteiger partial charge in [-0.05, 0) is 11.2 Å². The number of fused-ring (bicyclic) bond motifs is 1. The molecule has 1 aromatic heterocycles. The Morgan fingerprint density at radius 1 is 1.33 bits per heavy atom. The molecule has 0 saturated carbocycles. The van der Waals surface area contributed by atoms with Crippen molar-refractivity contribution in [1.82, 2.24) is 0 Å². The molecule has 0 amide bonds. The van der Waals surface area contributed by atoms with Gasteiger partial charge in [0.05, 0.1) is 0 Å². The summed E-state index contributed by atoms with van der Waals surface area (Å²) in [5.74, 6) is 0. The molecule has 1 aromatic carbocycles. The second-order valence-corrected chi connectivity index (χ2v) is 3.37. The van der Waals surface area contributed by atoms with Crippen molar-refractivity contribution in [3.63, 3.8) is 0 Å². The first-order valence-corrected chi connectivity index (χ1v) is 4.18. The summed E-state index contributed by atoms with van der Waals surface area (Å²) in [6.45, 7) is 0. The van der Waals surface area contributed by atoms with Gasteiger partial charge in [-0.25, -0.2) is 0 Å². The summed E-state index contributed by atoms with van der Waals surface area (Å²) in [4.78, 5) is 10.3. The number of hydrogen-bond donors (Lipinski definition) is 1. The molecule has 0 radical (unpaired) electrons. The van der Waals surface area contributed by atoms with Crippen molar-refractivity contribution in [2.75, 3.05) is 0 Å². The average Bonchev–Trinajstić information content (AvgIpc) is 2.40. The molecule has 4 heteroatoms. The molecule has 2 aromatic rings. The van der Waals surface area contributed by atoms with Gasteiger partial charge in [0, 0.05) is 10.1 Å². The minimum Gasteiger partial charge on any atom is -0.498 e. The average molecular weight is 179 g/mol. The van der Waals surface area contributed by atoms with Gasteiger partial charge in [0.25, 0.3) is 0 Å². The Labute approximate surface area is 72.2 Å². The lowest BCUT2D eigenvalue weighted by Gasteiger charge is -1.85. The van der Waals surface area contributed by atoms with Crippen molar-refractivity contribution in [3.8, 4) is 5.06 Å². The minimum atomic E-state index is -0.00815. The second kappa shape index (κ2) is 2.57. The van der Waals surface area contributed by atoms with Crippen LogP contribution in [0, 0.1) is 4.91 Å². The molecular weight excluding hydrogens is 174 g/mol. The minimum absolute atomic E-state index is 0.00815. The molecule has 0 bridgehead atoms. The van der Waals surface area contributed by atoms with Crippen LogP contribution in [0.3, 0.4) is 0 Å². The van der Waals surface area contributed by atoms with E-state index in [1.807, 2.05) is 18.2 Å². The lowest BCUT2D eigenvalue weighted by atomic mass is 10.2. The molecule has 12 heavy (non-hydrogen) atoms. The van der Waals surface area contributed by atoms with Crippen LogP contribution in [-0.2, 0) is 0 Å². The van der Waals surface area contributed by atoms with Gasteiger partial charge in [-0.1, -0.05) is 29.5 Å². The van der Waals surface area contributed by atoms with E-state index in [4.69, 9.17) is 0 Å². The van der Waals surface area contributed by atoms with Crippen molar-refractivity contribution in [3.05, 3.63) is 29.2 Å². The third-order valence-corrected chi connectivity index (χ3v) is 2.61. The van der Waals surface area contributed by atoms with E-state index < -0.39 is 0 Å². The van der Waals surface area contributed by atoms with E-state index >= 15 is 0 Å².